The number of hydrogen-bond acceptors (Lipinski definition) is 2. The summed E-state index contributed by atoms with van der Waals surface area (Å²) in [6.07, 6.45) is 1.03. The third-order valence-corrected chi connectivity index (χ3v) is 4.61. The Morgan fingerprint density at radius 1 is 1.13 bits per heavy atom. The predicted molar refractivity (Wildman–Crippen MR) is 90.8 cm³/mol. The molecule has 1 heterocycles. The number of carbonyl (C=O) groups is 1. The fraction of sp³-hybridized carbons (Fsp3) is 0.316. The topological polar surface area (TPSA) is 42.8 Å². The van der Waals surface area contributed by atoms with Gasteiger partial charge in [0.25, 0.3) is 5.91 Å². The molecule has 23 heavy (non-hydrogen) atoms. The highest BCUT2D eigenvalue weighted by molar-refractivity contribution is 5.93. The largest absolute Gasteiger partial charge is 0.497 e. The zero-order chi connectivity index (χ0) is 16.2. The molecule has 1 amide bonds. The normalized spacial score (nSPS) is 17.9. The maximum Gasteiger partial charge on any atom is 0.282 e. The van der Waals surface area contributed by atoms with E-state index in [4.69, 9.17) is 4.74 Å². The number of nitrogens with one attached hydrogen (secondary N) is 2. The van der Waals surface area contributed by atoms with Crippen LogP contribution in [-0.2, 0) is 17.8 Å². The number of ether oxygens (including phenoxy) is 1. The molecule has 0 bridgehead atoms. The van der Waals surface area contributed by atoms with Crippen LogP contribution in [0.15, 0.2) is 48.5 Å². The van der Waals surface area contributed by atoms with Gasteiger partial charge in [0.15, 0.2) is 6.04 Å². The Morgan fingerprint density at radius 3 is 2.52 bits per heavy atom. The minimum atomic E-state index is -0.0783. The third-order valence-electron chi connectivity index (χ3n) is 4.61. The lowest BCUT2D eigenvalue weighted by atomic mass is 9.99. The summed E-state index contributed by atoms with van der Waals surface area (Å²) in [5.41, 5.74) is 3.58. The number of benzene rings is 2. The zero-order valence-electron chi connectivity index (χ0n) is 13.6. The highest BCUT2D eigenvalue weighted by atomic mass is 16.5. The van der Waals surface area contributed by atoms with Gasteiger partial charge in [0, 0.05) is 17.7 Å². The minimum absolute atomic E-state index is 0.0598. The molecule has 2 aromatic rings. The highest BCUT2D eigenvalue weighted by Crippen LogP contribution is 2.15. The summed E-state index contributed by atoms with van der Waals surface area (Å²) in [7, 11) is 1.63. The van der Waals surface area contributed by atoms with Gasteiger partial charge in [-0.1, -0.05) is 24.3 Å². The Morgan fingerprint density at radius 2 is 1.83 bits per heavy atom. The van der Waals surface area contributed by atoms with E-state index in [1.54, 1.807) is 7.11 Å². The molecule has 2 N–H and O–H groups in total. The van der Waals surface area contributed by atoms with Crippen molar-refractivity contribution in [3.05, 3.63) is 59.7 Å². The molecule has 0 aliphatic carbocycles. The lowest BCUT2D eigenvalue weighted by Gasteiger charge is -2.30. The third kappa shape index (κ3) is 3.54. The van der Waals surface area contributed by atoms with Crippen LogP contribution in [0.4, 0.5) is 5.69 Å². The fourth-order valence-corrected chi connectivity index (χ4v) is 3.08. The van der Waals surface area contributed by atoms with E-state index in [0.717, 1.165) is 30.9 Å². The van der Waals surface area contributed by atoms with Crippen LogP contribution in [0.2, 0.25) is 0 Å². The summed E-state index contributed by atoms with van der Waals surface area (Å²) in [5.74, 6) is 0.846. The van der Waals surface area contributed by atoms with E-state index >= 15 is 0 Å². The van der Waals surface area contributed by atoms with Crippen LogP contribution in [0.5, 0.6) is 5.75 Å². The van der Waals surface area contributed by atoms with Crippen molar-refractivity contribution in [2.45, 2.75) is 25.9 Å². The molecule has 0 saturated heterocycles. The fourth-order valence-electron chi connectivity index (χ4n) is 3.08. The monoisotopic (exact) mass is 311 g/mol. The molecule has 2 atom stereocenters. The highest BCUT2D eigenvalue weighted by Gasteiger charge is 2.28. The molecule has 1 aliphatic rings. The molecule has 2 aromatic carbocycles. The van der Waals surface area contributed by atoms with Crippen LogP contribution in [0, 0.1) is 0 Å². The smallest absolute Gasteiger partial charge is 0.282 e. The molecule has 3 rings (SSSR count). The van der Waals surface area contributed by atoms with E-state index in [-0.39, 0.29) is 11.9 Å². The van der Waals surface area contributed by atoms with Gasteiger partial charge in [-0.3, -0.25) is 4.79 Å². The number of hydrogen-bond donors (Lipinski definition) is 2. The van der Waals surface area contributed by atoms with Gasteiger partial charge in [0.1, 0.15) is 12.3 Å². The second kappa shape index (κ2) is 6.84. The second-order valence-corrected chi connectivity index (χ2v) is 6.04. The van der Waals surface area contributed by atoms with Gasteiger partial charge in [-0.25, -0.2) is 0 Å². The van der Waals surface area contributed by atoms with E-state index in [1.165, 1.54) is 16.0 Å². The van der Waals surface area contributed by atoms with Crippen LogP contribution >= 0.6 is 0 Å². The minimum Gasteiger partial charge on any atom is -0.497 e. The second-order valence-electron chi connectivity index (χ2n) is 6.04. The Bertz CT molecular complexity index is 682. The number of quaternary nitrogens is 1. The number of carbonyl (C=O) groups excluding carboxylic acids is 1. The molecular weight excluding hydrogens is 288 g/mol. The van der Waals surface area contributed by atoms with Crippen molar-refractivity contribution < 1.29 is 14.4 Å². The van der Waals surface area contributed by atoms with Gasteiger partial charge in [-0.2, -0.15) is 0 Å². The molecule has 0 fully saturated rings. The molecule has 0 aromatic heterocycles. The Labute approximate surface area is 137 Å². The summed E-state index contributed by atoms with van der Waals surface area (Å²) in [6.45, 7) is 3.91. The summed E-state index contributed by atoms with van der Waals surface area (Å²) in [4.78, 5) is 13.8. The summed E-state index contributed by atoms with van der Waals surface area (Å²) in [5, 5.41) is 3.00. The predicted octanol–water partition coefficient (Wildman–Crippen LogP) is 1.66. The Kier molecular flexibility index (Phi) is 4.63. The van der Waals surface area contributed by atoms with Gasteiger partial charge in [0.2, 0.25) is 0 Å². The van der Waals surface area contributed by atoms with Gasteiger partial charge >= 0.3 is 0 Å². The maximum atomic E-state index is 12.5. The number of anilines is 1. The summed E-state index contributed by atoms with van der Waals surface area (Å²) >= 11 is 0. The van der Waals surface area contributed by atoms with Gasteiger partial charge in [0.05, 0.1) is 13.7 Å². The molecule has 120 valence electrons. The first-order chi connectivity index (χ1) is 11.2. The van der Waals surface area contributed by atoms with Crippen molar-refractivity contribution in [2.24, 2.45) is 0 Å². The van der Waals surface area contributed by atoms with E-state index in [0.29, 0.717) is 0 Å². The lowest BCUT2D eigenvalue weighted by molar-refractivity contribution is -0.929. The molecule has 1 unspecified atom stereocenters. The zero-order valence-corrected chi connectivity index (χ0v) is 13.6. The van der Waals surface area contributed by atoms with E-state index in [2.05, 4.69) is 29.6 Å². The number of methoxy groups -OCH3 is 1. The van der Waals surface area contributed by atoms with Crippen LogP contribution in [0.25, 0.3) is 0 Å². The first-order valence-electron chi connectivity index (χ1n) is 8.03. The Hall–Kier alpha value is -2.33. The first-order valence-corrected chi connectivity index (χ1v) is 8.03. The van der Waals surface area contributed by atoms with Crippen molar-refractivity contribution in [1.29, 1.82) is 0 Å². The van der Waals surface area contributed by atoms with Crippen LogP contribution < -0.4 is 15.0 Å². The lowest BCUT2D eigenvalue weighted by Crippen LogP contribution is -3.16. The molecule has 4 nitrogen and oxygen atoms in total. The number of rotatable bonds is 4. The Balaban J connectivity index is 1.63. The van der Waals surface area contributed by atoms with Gasteiger partial charge in [-0.15, -0.1) is 0 Å². The molecular formula is C19H23N2O2+. The molecule has 0 radical (unpaired) electrons. The molecule has 0 saturated carbocycles. The van der Waals surface area contributed by atoms with Crippen molar-refractivity contribution in [3.63, 3.8) is 0 Å². The first kappa shape index (κ1) is 15.6. The van der Waals surface area contributed by atoms with Gasteiger partial charge < -0.3 is 15.0 Å². The number of amides is 1. The average Bonchev–Trinajstić information content (AvgIpc) is 2.61. The van der Waals surface area contributed by atoms with E-state index in [1.807, 2.05) is 31.2 Å². The van der Waals surface area contributed by atoms with E-state index < -0.39 is 0 Å². The summed E-state index contributed by atoms with van der Waals surface area (Å²) < 4.78 is 5.13. The van der Waals surface area contributed by atoms with E-state index in [9.17, 15) is 4.79 Å². The average molecular weight is 311 g/mol. The molecule has 0 spiro atoms. The van der Waals surface area contributed by atoms with Crippen LogP contribution in [-0.4, -0.2) is 25.6 Å². The van der Waals surface area contributed by atoms with Crippen LogP contribution in [0.3, 0.4) is 0 Å². The van der Waals surface area contributed by atoms with Gasteiger partial charge in [-0.05, 0) is 36.8 Å². The van der Waals surface area contributed by atoms with Crippen molar-refractivity contribution >= 4 is 11.6 Å². The van der Waals surface area contributed by atoms with Crippen molar-refractivity contribution in [2.75, 3.05) is 19.0 Å². The summed E-state index contributed by atoms with van der Waals surface area (Å²) in [6, 6.07) is 15.9. The standard InChI is InChI=1S/C19H22N2O2/c1-14(19(22)20-17-7-9-18(23-2)10-8-17)21-12-11-15-5-3-4-6-16(15)13-21/h3-10,14H,11-13H2,1-2H3,(H,20,22)/p+1/t14-/m0/s1. The maximum absolute atomic E-state index is 12.5. The van der Waals surface area contributed by atoms with Crippen molar-refractivity contribution in [3.8, 4) is 5.75 Å². The molecule has 1 aliphatic heterocycles. The number of fused-ring (bicyclic) bond motifs is 1. The quantitative estimate of drug-likeness (QED) is 0.902. The SMILES string of the molecule is COc1ccc(NC(=O)[C@H](C)[NH+]2CCc3ccccc3C2)cc1. The van der Waals surface area contributed by atoms with Crippen LogP contribution in [0.1, 0.15) is 18.1 Å². The van der Waals surface area contributed by atoms with Crippen molar-refractivity contribution in [1.82, 2.24) is 0 Å². The molecule has 4 heteroatoms.